The first-order valence-electron chi connectivity index (χ1n) is 10.3. The first-order valence-corrected chi connectivity index (χ1v) is 11.8. The van der Waals surface area contributed by atoms with Crippen LogP contribution in [0.2, 0.25) is 0 Å². The summed E-state index contributed by atoms with van der Waals surface area (Å²) in [5.41, 5.74) is 2.16. The highest BCUT2D eigenvalue weighted by Gasteiger charge is 2.31. The van der Waals surface area contributed by atoms with Crippen LogP contribution < -0.4 is 10.1 Å². The van der Waals surface area contributed by atoms with Crippen molar-refractivity contribution in [3.8, 4) is 5.75 Å². The van der Waals surface area contributed by atoms with Crippen molar-refractivity contribution in [3.63, 3.8) is 0 Å². The van der Waals surface area contributed by atoms with Gasteiger partial charge in [-0.15, -0.1) is 0 Å². The van der Waals surface area contributed by atoms with E-state index >= 15 is 0 Å². The molecular formula is C23H31NO6S. The standard InChI is InChI=1S/C16H23NO3.C7H8O3S/c1-3-20-16(18)14-5-4-10-17-15(14)11-12-6-8-13(19-2)9-7-12;1-6-2-4-7(5-3-6)11(8,9)10/h6-9,14-15,17H,3-5,10-11H2,1-2H3;2-5H,1H3,(H,8,9,10). The van der Waals surface area contributed by atoms with Gasteiger partial charge in [-0.2, -0.15) is 8.42 Å². The van der Waals surface area contributed by atoms with Gasteiger partial charge in [-0.3, -0.25) is 9.35 Å². The van der Waals surface area contributed by atoms with Gasteiger partial charge in [-0.05, 0) is 69.5 Å². The van der Waals surface area contributed by atoms with Crippen LogP contribution >= 0.6 is 0 Å². The molecule has 0 aromatic heterocycles. The number of piperidine rings is 1. The third-order valence-electron chi connectivity index (χ3n) is 5.11. The van der Waals surface area contributed by atoms with Crippen LogP contribution in [-0.4, -0.2) is 45.2 Å². The number of ether oxygens (including phenoxy) is 2. The number of carbonyl (C=O) groups excluding carboxylic acids is 1. The Hall–Kier alpha value is -2.42. The second-order valence-electron chi connectivity index (χ2n) is 7.40. The lowest BCUT2D eigenvalue weighted by Crippen LogP contribution is -2.46. The number of benzene rings is 2. The first kappa shape index (κ1) is 24.8. The van der Waals surface area contributed by atoms with Gasteiger partial charge in [0.25, 0.3) is 10.1 Å². The van der Waals surface area contributed by atoms with Gasteiger partial charge >= 0.3 is 5.97 Å². The van der Waals surface area contributed by atoms with Crippen LogP contribution in [0.4, 0.5) is 0 Å². The van der Waals surface area contributed by atoms with E-state index in [1.165, 1.54) is 17.7 Å². The normalized spacial score (nSPS) is 18.5. The van der Waals surface area contributed by atoms with Gasteiger partial charge in [0.15, 0.2) is 0 Å². The summed E-state index contributed by atoms with van der Waals surface area (Å²) in [6.07, 6.45) is 2.78. The molecule has 2 N–H and O–H groups in total. The summed E-state index contributed by atoms with van der Waals surface area (Å²) in [7, 11) is -2.36. The Morgan fingerprint density at radius 3 is 2.32 bits per heavy atom. The maximum Gasteiger partial charge on any atom is 0.310 e. The van der Waals surface area contributed by atoms with Crippen LogP contribution in [-0.2, 0) is 26.1 Å². The number of hydrogen-bond donors (Lipinski definition) is 2. The highest BCUT2D eigenvalue weighted by atomic mass is 32.2. The van der Waals surface area contributed by atoms with Crippen LogP contribution in [0.5, 0.6) is 5.75 Å². The molecule has 8 heteroatoms. The molecule has 2 aromatic carbocycles. The van der Waals surface area contributed by atoms with E-state index in [2.05, 4.69) is 17.4 Å². The fraction of sp³-hybridized carbons (Fsp3) is 0.435. The zero-order valence-corrected chi connectivity index (χ0v) is 19.0. The third kappa shape index (κ3) is 7.97. The summed E-state index contributed by atoms with van der Waals surface area (Å²) >= 11 is 0. The lowest BCUT2D eigenvalue weighted by Gasteiger charge is -2.31. The van der Waals surface area contributed by atoms with Crippen molar-refractivity contribution in [2.24, 2.45) is 5.92 Å². The summed E-state index contributed by atoms with van der Waals surface area (Å²) in [6, 6.07) is 14.2. The van der Waals surface area contributed by atoms with Crippen LogP contribution in [0.1, 0.15) is 30.9 Å². The van der Waals surface area contributed by atoms with Crippen LogP contribution in [0, 0.1) is 12.8 Å². The monoisotopic (exact) mass is 449 g/mol. The molecule has 7 nitrogen and oxygen atoms in total. The Balaban J connectivity index is 0.000000262. The van der Waals surface area contributed by atoms with Crippen LogP contribution in [0.25, 0.3) is 0 Å². The van der Waals surface area contributed by atoms with Crippen molar-refractivity contribution in [3.05, 3.63) is 59.7 Å². The van der Waals surface area contributed by atoms with Crippen molar-refractivity contribution in [1.29, 1.82) is 0 Å². The van der Waals surface area contributed by atoms with Gasteiger partial charge < -0.3 is 14.8 Å². The summed E-state index contributed by atoms with van der Waals surface area (Å²) in [5, 5.41) is 3.45. The first-order chi connectivity index (χ1) is 14.7. The highest BCUT2D eigenvalue weighted by Crippen LogP contribution is 2.22. The molecule has 2 aromatic rings. The minimum Gasteiger partial charge on any atom is -0.497 e. The molecular weight excluding hydrogens is 418 g/mol. The average molecular weight is 450 g/mol. The number of hydrogen-bond acceptors (Lipinski definition) is 6. The van der Waals surface area contributed by atoms with E-state index < -0.39 is 10.1 Å². The number of esters is 1. The Morgan fingerprint density at radius 2 is 1.77 bits per heavy atom. The van der Waals surface area contributed by atoms with Gasteiger partial charge in [0.2, 0.25) is 0 Å². The Bertz CT molecular complexity index is 926. The van der Waals surface area contributed by atoms with Crippen molar-refractivity contribution in [1.82, 2.24) is 5.32 Å². The zero-order valence-electron chi connectivity index (χ0n) is 18.2. The molecule has 3 rings (SSSR count). The van der Waals surface area contributed by atoms with E-state index in [0.717, 1.165) is 37.1 Å². The minimum absolute atomic E-state index is 0.0363. The minimum atomic E-state index is -4.02. The molecule has 0 amide bonds. The molecule has 0 aliphatic carbocycles. The van der Waals surface area contributed by atoms with E-state index in [1.54, 1.807) is 19.2 Å². The summed E-state index contributed by atoms with van der Waals surface area (Å²) in [6.45, 7) is 5.11. The molecule has 31 heavy (non-hydrogen) atoms. The second-order valence-corrected chi connectivity index (χ2v) is 8.82. The number of methoxy groups -OCH3 is 1. The molecule has 1 aliphatic heterocycles. The molecule has 1 saturated heterocycles. The highest BCUT2D eigenvalue weighted by molar-refractivity contribution is 7.85. The van der Waals surface area contributed by atoms with Gasteiger partial charge in [0, 0.05) is 6.04 Å². The average Bonchev–Trinajstić information content (AvgIpc) is 2.75. The van der Waals surface area contributed by atoms with Crippen molar-refractivity contribution < 1.29 is 27.2 Å². The fourth-order valence-electron chi connectivity index (χ4n) is 3.42. The quantitative estimate of drug-likeness (QED) is 0.515. The number of rotatable bonds is 6. The second kappa shape index (κ2) is 11.8. The lowest BCUT2D eigenvalue weighted by atomic mass is 9.87. The zero-order chi connectivity index (χ0) is 22.9. The van der Waals surface area contributed by atoms with E-state index in [1.807, 2.05) is 26.0 Å². The topological polar surface area (TPSA) is 102 Å². The molecule has 1 aliphatic rings. The molecule has 0 saturated carbocycles. The third-order valence-corrected chi connectivity index (χ3v) is 5.97. The number of nitrogens with one attached hydrogen (secondary N) is 1. The summed E-state index contributed by atoms with van der Waals surface area (Å²) < 4.78 is 39.9. The molecule has 2 unspecified atom stereocenters. The largest absolute Gasteiger partial charge is 0.497 e. The van der Waals surface area contributed by atoms with Crippen LogP contribution in [0.3, 0.4) is 0 Å². The fourth-order valence-corrected chi connectivity index (χ4v) is 3.90. The molecule has 1 heterocycles. The molecule has 0 radical (unpaired) electrons. The van der Waals surface area contributed by atoms with Gasteiger partial charge in [-0.25, -0.2) is 0 Å². The molecule has 0 spiro atoms. The maximum atomic E-state index is 12.0. The van der Waals surface area contributed by atoms with E-state index in [-0.39, 0.29) is 22.8 Å². The SMILES string of the molecule is CCOC(=O)C1CCCNC1Cc1ccc(OC)cc1.Cc1ccc(S(=O)(=O)O)cc1. The van der Waals surface area contributed by atoms with Crippen molar-refractivity contribution in [2.45, 2.75) is 44.0 Å². The van der Waals surface area contributed by atoms with E-state index in [0.29, 0.717) is 6.61 Å². The van der Waals surface area contributed by atoms with Gasteiger partial charge in [0.05, 0.1) is 24.5 Å². The lowest BCUT2D eigenvalue weighted by molar-refractivity contribution is -0.150. The van der Waals surface area contributed by atoms with Crippen molar-refractivity contribution in [2.75, 3.05) is 20.3 Å². The summed E-state index contributed by atoms with van der Waals surface area (Å²) in [5.74, 6) is 0.747. The van der Waals surface area contributed by atoms with E-state index in [4.69, 9.17) is 14.0 Å². The molecule has 0 bridgehead atoms. The number of aryl methyl sites for hydroxylation is 1. The number of carbonyl (C=O) groups is 1. The van der Waals surface area contributed by atoms with Crippen molar-refractivity contribution >= 4 is 16.1 Å². The molecule has 2 atom stereocenters. The Morgan fingerprint density at radius 1 is 1.13 bits per heavy atom. The maximum absolute atomic E-state index is 12.0. The Labute approximate surface area is 184 Å². The van der Waals surface area contributed by atoms with Gasteiger partial charge in [-0.1, -0.05) is 29.8 Å². The van der Waals surface area contributed by atoms with Gasteiger partial charge in [0.1, 0.15) is 5.75 Å². The Kier molecular flexibility index (Phi) is 9.48. The molecule has 170 valence electrons. The summed E-state index contributed by atoms with van der Waals surface area (Å²) in [4.78, 5) is 12.0. The van der Waals surface area contributed by atoms with Crippen LogP contribution in [0.15, 0.2) is 53.4 Å². The van der Waals surface area contributed by atoms with E-state index in [9.17, 15) is 13.2 Å². The smallest absolute Gasteiger partial charge is 0.310 e. The predicted octanol–water partition coefficient (Wildman–Crippen LogP) is 3.41. The molecule has 1 fully saturated rings. The predicted molar refractivity (Wildman–Crippen MR) is 119 cm³/mol.